The van der Waals surface area contributed by atoms with Crippen LogP contribution in [0.2, 0.25) is 0 Å². The van der Waals surface area contributed by atoms with Gasteiger partial charge in [0.15, 0.2) is 5.82 Å². The van der Waals surface area contributed by atoms with Crippen LogP contribution in [0.3, 0.4) is 0 Å². The second-order valence-electron chi connectivity index (χ2n) is 9.85. The van der Waals surface area contributed by atoms with Gasteiger partial charge in [0.1, 0.15) is 23.2 Å². The summed E-state index contributed by atoms with van der Waals surface area (Å²) in [5.74, 6) is 0.238. The molecule has 188 valence electrons. The molecule has 1 aliphatic carbocycles. The van der Waals surface area contributed by atoms with Crippen molar-refractivity contribution in [2.75, 3.05) is 26.3 Å². The third kappa shape index (κ3) is 5.56. The minimum absolute atomic E-state index is 0.218. The lowest BCUT2D eigenvalue weighted by Gasteiger charge is -2.28. The zero-order chi connectivity index (χ0) is 24.2. The Morgan fingerprint density at radius 3 is 2.66 bits per heavy atom. The van der Waals surface area contributed by atoms with Crippen molar-refractivity contribution in [3.05, 3.63) is 46.9 Å². The number of halogens is 1. The van der Waals surface area contributed by atoms with Crippen LogP contribution in [0.4, 0.5) is 4.39 Å². The normalized spacial score (nSPS) is 19.4. The Morgan fingerprint density at radius 1 is 1.20 bits per heavy atom. The summed E-state index contributed by atoms with van der Waals surface area (Å²) in [5.41, 5.74) is 2.84. The second-order valence-corrected chi connectivity index (χ2v) is 9.85. The average molecular weight is 484 g/mol. The number of fused-ring (bicyclic) bond motifs is 1. The number of amides is 1. The lowest BCUT2D eigenvalue weighted by molar-refractivity contribution is 0.0342. The van der Waals surface area contributed by atoms with Gasteiger partial charge in [0.05, 0.1) is 30.5 Å². The number of hydrogen-bond donors (Lipinski definition) is 2. The van der Waals surface area contributed by atoms with Crippen LogP contribution in [0, 0.1) is 18.7 Å². The van der Waals surface area contributed by atoms with Gasteiger partial charge in [-0.25, -0.2) is 9.37 Å². The molecule has 0 spiro atoms. The Morgan fingerprint density at radius 2 is 1.94 bits per heavy atom. The van der Waals surface area contributed by atoms with Gasteiger partial charge in [0, 0.05) is 19.6 Å². The van der Waals surface area contributed by atoms with Crippen molar-refractivity contribution in [2.45, 2.75) is 64.5 Å². The first-order valence-corrected chi connectivity index (χ1v) is 12.8. The first kappa shape index (κ1) is 23.9. The van der Waals surface area contributed by atoms with Crippen molar-refractivity contribution in [3.8, 4) is 0 Å². The highest BCUT2D eigenvalue weighted by Gasteiger charge is 2.30. The van der Waals surface area contributed by atoms with E-state index in [-0.39, 0.29) is 23.7 Å². The molecule has 1 atom stereocenters. The van der Waals surface area contributed by atoms with Crippen LogP contribution >= 0.6 is 0 Å². The van der Waals surface area contributed by atoms with Gasteiger partial charge in [0.2, 0.25) is 0 Å². The van der Waals surface area contributed by atoms with Crippen LogP contribution in [-0.4, -0.2) is 52.2 Å². The molecule has 8 nitrogen and oxygen atoms in total. The number of aromatic amines is 1. The Hall–Kier alpha value is -2.78. The molecular formula is C26H34FN5O3. The number of imidazole rings is 1. The molecule has 35 heavy (non-hydrogen) atoms. The SMILES string of the molecule is Cc1nocc1C(=O)NC(c1nc2c(F)cc(CN3CCOCC3)cc2[nH]1)C1CCCCCCC1. The number of carbonyl (C=O) groups is 1. The summed E-state index contributed by atoms with van der Waals surface area (Å²) in [6.45, 7) is 5.49. The van der Waals surface area contributed by atoms with Crippen molar-refractivity contribution in [1.82, 2.24) is 25.3 Å². The van der Waals surface area contributed by atoms with E-state index in [9.17, 15) is 4.79 Å². The summed E-state index contributed by atoms with van der Waals surface area (Å²) in [5, 5.41) is 7.02. The van der Waals surface area contributed by atoms with Crippen LogP contribution in [0.5, 0.6) is 0 Å². The van der Waals surface area contributed by atoms with E-state index < -0.39 is 0 Å². The molecule has 1 saturated heterocycles. The molecular weight excluding hydrogens is 449 g/mol. The summed E-state index contributed by atoms with van der Waals surface area (Å²) >= 11 is 0. The maximum atomic E-state index is 15.1. The van der Waals surface area contributed by atoms with E-state index >= 15 is 4.39 Å². The third-order valence-corrected chi connectivity index (χ3v) is 7.33. The number of carbonyl (C=O) groups excluding carboxylic acids is 1. The molecule has 1 saturated carbocycles. The molecule has 1 aliphatic heterocycles. The van der Waals surface area contributed by atoms with Crippen molar-refractivity contribution in [1.29, 1.82) is 0 Å². The molecule has 1 amide bonds. The van der Waals surface area contributed by atoms with Gasteiger partial charge in [-0.15, -0.1) is 0 Å². The summed E-state index contributed by atoms with van der Waals surface area (Å²) in [4.78, 5) is 23.4. The number of rotatable bonds is 6. The van der Waals surface area contributed by atoms with Crippen molar-refractivity contribution in [3.63, 3.8) is 0 Å². The Bertz CT molecular complexity index is 1150. The van der Waals surface area contributed by atoms with Crippen LogP contribution in [-0.2, 0) is 11.3 Å². The highest BCUT2D eigenvalue weighted by molar-refractivity contribution is 5.95. The molecule has 3 aromatic rings. The zero-order valence-corrected chi connectivity index (χ0v) is 20.3. The summed E-state index contributed by atoms with van der Waals surface area (Å²) in [6.07, 6.45) is 9.23. The van der Waals surface area contributed by atoms with Crippen molar-refractivity contribution < 1.29 is 18.4 Å². The van der Waals surface area contributed by atoms with Gasteiger partial charge < -0.3 is 19.6 Å². The standard InChI is InChI=1S/C26H34FN5O3/c1-17-20(16-35-31-17)26(33)30-23(19-7-5-3-2-4-6-8-19)25-28-22-14-18(13-21(27)24(22)29-25)15-32-9-11-34-12-10-32/h13-14,16,19,23H,2-12,15H2,1H3,(H,28,29)(H,30,33). The maximum absolute atomic E-state index is 15.1. The Labute approximate surface area is 204 Å². The van der Waals surface area contributed by atoms with E-state index in [1.807, 2.05) is 6.07 Å². The molecule has 2 aliphatic rings. The maximum Gasteiger partial charge on any atom is 0.257 e. The smallest absolute Gasteiger partial charge is 0.257 e. The first-order chi connectivity index (χ1) is 17.1. The number of aryl methyl sites for hydroxylation is 1. The predicted molar refractivity (Wildman–Crippen MR) is 129 cm³/mol. The topological polar surface area (TPSA) is 96.3 Å². The number of morpholine rings is 1. The highest BCUT2D eigenvalue weighted by Crippen LogP contribution is 2.34. The minimum Gasteiger partial charge on any atom is -0.379 e. The fraction of sp³-hybridized carbons (Fsp3) is 0.577. The van der Waals surface area contributed by atoms with Gasteiger partial charge >= 0.3 is 0 Å². The van der Waals surface area contributed by atoms with Crippen molar-refractivity contribution >= 4 is 16.9 Å². The zero-order valence-electron chi connectivity index (χ0n) is 20.3. The number of H-pyrrole nitrogens is 1. The number of nitrogens with one attached hydrogen (secondary N) is 2. The fourth-order valence-electron chi connectivity index (χ4n) is 5.37. The first-order valence-electron chi connectivity index (χ1n) is 12.8. The van der Waals surface area contributed by atoms with Crippen molar-refractivity contribution in [2.24, 2.45) is 5.92 Å². The largest absolute Gasteiger partial charge is 0.379 e. The molecule has 2 aromatic heterocycles. The molecule has 0 bridgehead atoms. The van der Waals surface area contributed by atoms with E-state index in [1.54, 1.807) is 13.0 Å². The van der Waals surface area contributed by atoms with Gasteiger partial charge in [0.25, 0.3) is 5.91 Å². The highest BCUT2D eigenvalue weighted by atomic mass is 19.1. The van der Waals surface area contributed by atoms with Crippen LogP contribution in [0.15, 0.2) is 22.9 Å². The monoisotopic (exact) mass is 483 g/mol. The van der Waals surface area contributed by atoms with Gasteiger partial charge in [-0.2, -0.15) is 0 Å². The Kier molecular flexibility index (Phi) is 7.43. The molecule has 5 rings (SSSR count). The number of ether oxygens (including phenoxy) is 1. The molecule has 2 fully saturated rings. The third-order valence-electron chi connectivity index (χ3n) is 7.33. The molecule has 9 heteroatoms. The lowest BCUT2D eigenvalue weighted by atomic mass is 9.85. The van der Waals surface area contributed by atoms with Gasteiger partial charge in [-0.1, -0.05) is 37.3 Å². The lowest BCUT2D eigenvalue weighted by Crippen LogP contribution is -2.35. The summed E-state index contributed by atoms with van der Waals surface area (Å²) in [7, 11) is 0. The van der Waals surface area contributed by atoms with E-state index in [0.29, 0.717) is 47.9 Å². The summed E-state index contributed by atoms with van der Waals surface area (Å²) in [6, 6.07) is 3.21. The molecule has 1 aromatic carbocycles. The second kappa shape index (κ2) is 10.9. The van der Waals surface area contributed by atoms with Crippen LogP contribution < -0.4 is 5.32 Å². The molecule has 1 unspecified atom stereocenters. The quantitative estimate of drug-likeness (QED) is 0.529. The van der Waals surface area contributed by atoms with E-state index in [1.165, 1.54) is 25.5 Å². The number of aromatic nitrogens is 3. The van der Waals surface area contributed by atoms with Crippen LogP contribution in [0.25, 0.3) is 11.0 Å². The summed E-state index contributed by atoms with van der Waals surface area (Å²) < 4.78 is 25.5. The molecule has 0 radical (unpaired) electrons. The van der Waals surface area contributed by atoms with E-state index in [2.05, 4.69) is 25.3 Å². The predicted octanol–water partition coefficient (Wildman–Crippen LogP) is 4.66. The number of hydrogen-bond acceptors (Lipinski definition) is 6. The number of nitrogens with zero attached hydrogens (tertiary/aromatic N) is 3. The van der Waals surface area contributed by atoms with E-state index in [0.717, 1.165) is 44.3 Å². The van der Waals surface area contributed by atoms with E-state index in [4.69, 9.17) is 9.26 Å². The molecule has 2 N–H and O–H groups in total. The van der Waals surface area contributed by atoms with Gasteiger partial charge in [-0.3, -0.25) is 9.69 Å². The number of benzene rings is 1. The molecule has 3 heterocycles. The van der Waals surface area contributed by atoms with Gasteiger partial charge in [-0.05, 0) is 43.4 Å². The Balaban J connectivity index is 1.44. The fourth-order valence-corrected chi connectivity index (χ4v) is 5.37. The minimum atomic E-state index is -0.343. The average Bonchev–Trinajstić information content (AvgIpc) is 3.45. The van der Waals surface area contributed by atoms with Crippen LogP contribution in [0.1, 0.15) is 78.4 Å².